The molecule has 0 atom stereocenters. The predicted octanol–water partition coefficient (Wildman–Crippen LogP) is 8.32. The Morgan fingerprint density at radius 2 is 1.45 bits per heavy atom. The molecule has 1 nitrogen and oxygen atoms in total. The third-order valence-corrected chi connectivity index (χ3v) is 6.95. The molecule has 140 valence electrons. The Morgan fingerprint density at radius 1 is 0.724 bits per heavy atom. The quantitative estimate of drug-likeness (QED) is 0.256. The topological polar surface area (TPSA) is 13.1 Å². The van der Waals surface area contributed by atoms with Crippen LogP contribution >= 0.6 is 15.9 Å². The molecule has 1 aliphatic rings. The van der Waals surface area contributed by atoms with Crippen molar-refractivity contribution >= 4 is 37.9 Å². The fourth-order valence-corrected chi connectivity index (χ4v) is 5.94. The van der Waals surface area contributed by atoms with Gasteiger partial charge >= 0.3 is 0 Å². The second-order valence-corrected chi connectivity index (χ2v) is 9.19. The molecule has 2 heteroatoms. The number of para-hydroxylation sites is 2. The maximum Gasteiger partial charge on any atom is 0.143 e. The number of fused-ring (bicyclic) bond motifs is 6. The molecule has 1 aliphatic carbocycles. The molecule has 0 aliphatic heterocycles. The Kier molecular flexibility index (Phi) is 3.43. The predicted molar refractivity (Wildman–Crippen MR) is 124 cm³/mol. The van der Waals surface area contributed by atoms with Gasteiger partial charge in [0.05, 0.1) is 0 Å². The van der Waals surface area contributed by atoms with Gasteiger partial charge in [0.25, 0.3) is 0 Å². The number of benzene rings is 4. The van der Waals surface area contributed by atoms with E-state index in [1.807, 2.05) is 12.1 Å². The average molecular weight is 439 g/mol. The Morgan fingerprint density at radius 3 is 2.34 bits per heavy atom. The van der Waals surface area contributed by atoms with E-state index in [1.165, 1.54) is 27.8 Å². The Hall–Kier alpha value is -2.84. The summed E-state index contributed by atoms with van der Waals surface area (Å²) in [6.45, 7) is 4.62. The van der Waals surface area contributed by atoms with Gasteiger partial charge in [-0.1, -0.05) is 90.4 Å². The van der Waals surface area contributed by atoms with E-state index >= 15 is 0 Å². The summed E-state index contributed by atoms with van der Waals surface area (Å²) in [6.07, 6.45) is 0. The smallest absolute Gasteiger partial charge is 0.143 e. The minimum absolute atomic E-state index is 0.0192. The summed E-state index contributed by atoms with van der Waals surface area (Å²) >= 11 is 3.90. The highest BCUT2D eigenvalue weighted by Gasteiger charge is 2.37. The van der Waals surface area contributed by atoms with Crippen molar-refractivity contribution in [1.82, 2.24) is 0 Å². The zero-order valence-corrected chi connectivity index (χ0v) is 17.9. The van der Waals surface area contributed by atoms with E-state index in [2.05, 4.69) is 96.5 Å². The van der Waals surface area contributed by atoms with Crippen LogP contribution in [0.5, 0.6) is 0 Å². The van der Waals surface area contributed by atoms with Crippen LogP contribution in [0.25, 0.3) is 44.2 Å². The summed E-state index contributed by atoms with van der Waals surface area (Å²) < 4.78 is 7.44. The molecule has 4 aromatic carbocycles. The van der Waals surface area contributed by atoms with Gasteiger partial charge in [-0.3, -0.25) is 0 Å². The zero-order valence-electron chi connectivity index (χ0n) is 16.3. The molecule has 0 saturated heterocycles. The van der Waals surface area contributed by atoms with Gasteiger partial charge < -0.3 is 4.42 Å². The van der Waals surface area contributed by atoms with Gasteiger partial charge in [0, 0.05) is 26.2 Å². The summed E-state index contributed by atoms with van der Waals surface area (Å²) in [5.74, 6) is 0. The third-order valence-electron chi connectivity index (χ3n) is 6.32. The molecular formula is C27H19BrO. The van der Waals surface area contributed by atoms with Gasteiger partial charge in [-0.2, -0.15) is 0 Å². The minimum Gasteiger partial charge on any atom is -0.455 e. The lowest BCUT2D eigenvalue weighted by molar-refractivity contribution is 0.657. The van der Waals surface area contributed by atoms with Gasteiger partial charge in [-0.25, -0.2) is 0 Å². The maximum absolute atomic E-state index is 6.29. The molecule has 0 bridgehead atoms. The summed E-state index contributed by atoms with van der Waals surface area (Å²) in [7, 11) is 0. The van der Waals surface area contributed by atoms with Gasteiger partial charge in [0.1, 0.15) is 11.2 Å². The molecule has 6 rings (SSSR count). The van der Waals surface area contributed by atoms with Crippen molar-refractivity contribution < 1.29 is 4.42 Å². The highest BCUT2D eigenvalue weighted by atomic mass is 79.9. The van der Waals surface area contributed by atoms with Crippen LogP contribution in [-0.4, -0.2) is 0 Å². The summed E-state index contributed by atoms with van der Waals surface area (Å²) in [6, 6.07) is 28.0. The first kappa shape index (κ1) is 17.1. The average Bonchev–Trinajstić information content (AvgIpc) is 3.22. The van der Waals surface area contributed by atoms with Crippen molar-refractivity contribution in [2.45, 2.75) is 19.3 Å². The molecular weight excluding hydrogens is 420 g/mol. The van der Waals surface area contributed by atoms with Gasteiger partial charge in [-0.05, 0) is 46.0 Å². The molecule has 0 N–H and O–H groups in total. The van der Waals surface area contributed by atoms with Crippen LogP contribution in [-0.2, 0) is 5.41 Å². The summed E-state index contributed by atoms with van der Waals surface area (Å²) in [5, 5.41) is 2.33. The lowest BCUT2D eigenvalue weighted by atomic mass is 9.82. The number of rotatable bonds is 1. The lowest BCUT2D eigenvalue weighted by Gasteiger charge is -2.23. The second-order valence-electron chi connectivity index (χ2n) is 8.33. The molecule has 1 heterocycles. The van der Waals surface area contributed by atoms with Crippen LogP contribution < -0.4 is 0 Å². The first-order valence-corrected chi connectivity index (χ1v) is 10.7. The van der Waals surface area contributed by atoms with E-state index in [1.54, 1.807) is 0 Å². The Labute approximate surface area is 178 Å². The van der Waals surface area contributed by atoms with Crippen LogP contribution in [0.1, 0.15) is 25.0 Å². The molecule has 0 saturated carbocycles. The number of hydrogen-bond acceptors (Lipinski definition) is 1. The highest BCUT2D eigenvalue weighted by molar-refractivity contribution is 9.10. The van der Waals surface area contributed by atoms with Crippen molar-refractivity contribution in [2.24, 2.45) is 0 Å². The Bertz CT molecular complexity index is 1440. The summed E-state index contributed by atoms with van der Waals surface area (Å²) in [5.41, 5.74) is 9.54. The molecule has 0 spiro atoms. The zero-order chi connectivity index (χ0) is 19.8. The minimum atomic E-state index is -0.0192. The molecule has 1 aromatic heterocycles. The van der Waals surface area contributed by atoms with Gasteiger partial charge in [0.2, 0.25) is 0 Å². The maximum atomic E-state index is 6.29. The number of halogens is 1. The first-order valence-electron chi connectivity index (χ1n) is 9.90. The van der Waals surface area contributed by atoms with Crippen molar-refractivity contribution in [3.8, 4) is 22.3 Å². The lowest BCUT2D eigenvalue weighted by Crippen LogP contribution is -2.15. The fraction of sp³-hybridized carbons (Fsp3) is 0.111. The SMILES string of the molecule is CC1(C)c2ccccc2-c2cc(-c3cccc4c3oc3ccccc34)cc(Br)c21. The van der Waals surface area contributed by atoms with Crippen LogP contribution in [0.2, 0.25) is 0 Å². The molecule has 29 heavy (non-hydrogen) atoms. The van der Waals surface area contributed by atoms with Crippen LogP contribution in [0.15, 0.2) is 87.8 Å². The largest absolute Gasteiger partial charge is 0.455 e. The fourth-order valence-electron chi connectivity index (χ4n) is 4.98. The monoisotopic (exact) mass is 438 g/mol. The van der Waals surface area contributed by atoms with Crippen molar-refractivity contribution in [1.29, 1.82) is 0 Å². The normalized spacial score (nSPS) is 14.3. The van der Waals surface area contributed by atoms with Crippen molar-refractivity contribution in [2.75, 3.05) is 0 Å². The van der Waals surface area contributed by atoms with Gasteiger partial charge in [0.15, 0.2) is 0 Å². The first-order chi connectivity index (χ1) is 14.1. The van der Waals surface area contributed by atoms with E-state index in [0.717, 1.165) is 32.0 Å². The van der Waals surface area contributed by atoms with E-state index in [0.29, 0.717) is 0 Å². The van der Waals surface area contributed by atoms with Crippen LogP contribution in [0, 0.1) is 0 Å². The molecule has 0 amide bonds. The standard InChI is InChI=1S/C27H19BrO/c1-27(2)22-12-5-3-8-18(22)21-14-16(15-23(28)25(21)27)17-10-7-11-20-19-9-4-6-13-24(19)29-26(17)20/h3-15H,1-2H3. The van der Waals surface area contributed by atoms with E-state index in [-0.39, 0.29) is 5.41 Å². The third kappa shape index (κ3) is 2.27. The second kappa shape index (κ2) is 5.84. The molecule has 0 fully saturated rings. The molecule has 0 unspecified atom stereocenters. The molecule has 5 aromatic rings. The van der Waals surface area contributed by atoms with Gasteiger partial charge in [-0.15, -0.1) is 0 Å². The molecule has 0 radical (unpaired) electrons. The van der Waals surface area contributed by atoms with Crippen molar-refractivity contribution in [3.63, 3.8) is 0 Å². The Balaban J connectivity index is 1.66. The van der Waals surface area contributed by atoms with E-state index in [9.17, 15) is 0 Å². The van der Waals surface area contributed by atoms with Crippen LogP contribution in [0.3, 0.4) is 0 Å². The van der Waals surface area contributed by atoms with E-state index in [4.69, 9.17) is 4.42 Å². The highest BCUT2D eigenvalue weighted by Crippen LogP contribution is 2.52. The summed E-state index contributed by atoms with van der Waals surface area (Å²) in [4.78, 5) is 0. The number of hydrogen-bond donors (Lipinski definition) is 0. The number of furan rings is 1. The van der Waals surface area contributed by atoms with Crippen molar-refractivity contribution in [3.05, 3.63) is 94.5 Å². The van der Waals surface area contributed by atoms with E-state index < -0.39 is 0 Å². The van der Waals surface area contributed by atoms with Crippen LogP contribution in [0.4, 0.5) is 0 Å².